The lowest BCUT2D eigenvalue weighted by Crippen LogP contribution is -2.52. The monoisotopic (exact) mass is 406 g/mol. The number of fused-ring (bicyclic) bond motifs is 3. The minimum absolute atomic E-state index is 0.0449. The van der Waals surface area contributed by atoms with Gasteiger partial charge in [-0.3, -0.25) is 19.3 Å². The molecule has 1 saturated heterocycles. The molecule has 2 amide bonds. The number of ketones is 1. The molecule has 2 aromatic rings. The van der Waals surface area contributed by atoms with Crippen LogP contribution in [-0.4, -0.2) is 35.5 Å². The normalized spacial score (nSPS) is 22.8. The molecule has 0 N–H and O–H groups in total. The molecule has 0 saturated carbocycles. The van der Waals surface area contributed by atoms with E-state index in [0.717, 1.165) is 10.5 Å². The summed E-state index contributed by atoms with van der Waals surface area (Å²) in [4.78, 5) is 50.8. The van der Waals surface area contributed by atoms with Crippen LogP contribution in [0.5, 0.6) is 0 Å². The van der Waals surface area contributed by atoms with Gasteiger partial charge in [0.2, 0.25) is 17.9 Å². The van der Waals surface area contributed by atoms with Crippen molar-refractivity contribution in [2.75, 3.05) is 7.05 Å². The standard InChI is InChI=1S/C23H22N2O5/c1-23(2,3)14-8-5-12(6-9-14)19(26)13-7-10-15-16-17(21(28)24(4)20(16)27)18(22(29)30)25(15)11-13/h5-11,16-18H,1-4H3/t16-,17-,18-/m0/s1. The number of carboxylic acid groups (broad SMARTS) is 1. The third kappa shape index (κ3) is 2.84. The highest BCUT2D eigenvalue weighted by Crippen LogP contribution is 2.42. The Labute approximate surface area is 173 Å². The van der Waals surface area contributed by atoms with Crippen LogP contribution in [0.3, 0.4) is 0 Å². The number of amides is 2. The maximum absolute atomic E-state index is 13.0. The van der Waals surface area contributed by atoms with E-state index in [4.69, 9.17) is 0 Å². The van der Waals surface area contributed by atoms with Crippen LogP contribution in [0.4, 0.5) is 0 Å². The minimum Gasteiger partial charge on any atom is -0.543 e. The second-order valence-electron chi connectivity index (χ2n) is 8.91. The van der Waals surface area contributed by atoms with Crippen molar-refractivity contribution in [3.63, 3.8) is 0 Å². The van der Waals surface area contributed by atoms with Gasteiger partial charge in [-0.05, 0) is 17.0 Å². The molecule has 154 valence electrons. The summed E-state index contributed by atoms with van der Waals surface area (Å²) in [5, 5.41) is 11.8. The fraction of sp³-hybridized carbons (Fsp3) is 0.348. The van der Waals surface area contributed by atoms with E-state index in [2.05, 4.69) is 20.8 Å². The minimum atomic E-state index is -1.45. The Morgan fingerprint density at radius 1 is 0.967 bits per heavy atom. The van der Waals surface area contributed by atoms with E-state index >= 15 is 0 Å². The first-order valence-electron chi connectivity index (χ1n) is 9.75. The van der Waals surface area contributed by atoms with Crippen LogP contribution in [0, 0.1) is 5.92 Å². The van der Waals surface area contributed by atoms with Crippen molar-refractivity contribution in [1.82, 2.24) is 4.90 Å². The Hall–Kier alpha value is -3.35. The number of imide groups is 1. The van der Waals surface area contributed by atoms with Gasteiger partial charge >= 0.3 is 0 Å². The number of hydrogen-bond donors (Lipinski definition) is 0. The van der Waals surface area contributed by atoms with Crippen molar-refractivity contribution in [3.8, 4) is 0 Å². The predicted molar refractivity (Wildman–Crippen MR) is 103 cm³/mol. The molecule has 0 spiro atoms. The zero-order chi connectivity index (χ0) is 22.0. The molecule has 0 unspecified atom stereocenters. The van der Waals surface area contributed by atoms with Gasteiger partial charge in [0.25, 0.3) is 0 Å². The smallest absolute Gasteiger partial charge is 0.243 e. The number of likely N-dealkylation sites (N-methyl/N-ethyl adjacent to an activating group) is 1. The first-order valence-corrected chi connectivity index (χ1v) is 9.75. The van der Waals surface area contributed by atoms with E-state index in [1.54, 1.807) is 24.3 Å². The van der Waals surface area contributed by atoms with Crippen LogP contribution < -0.4 is 9.67 Å². The molecule has 0 radical (unpaired) electrons. The van der Waals surface area contributed by atoms with E-state index in [1.807, 2.05) is 12.1 Å². The molecule has 3 heterocycles. The van der Waals surface area contributed by atoms with Crippen LogP contribution in [0.2, 0.25) is 0 Å². The van der Waals surface area contributed by atoms with Gasteiger partial charge in [-0.15, -0.1) is 0 Å². The quantitative estimate of drug-likeness (QED) is 0.420. The summed E-state index contributed by atoms with van der Waals surface area (Å²) in [6.07, 6.45) is 1.41. The lowest BCUT2D eigenvalue weighted by molar-refractivity contribution is -0.712. The summed E-state index contributed by atoms with van der Waals surface area (Å²) in [6, 6.07) is 9.08. The number of aliphatic carboxylic acids is 1. The van der Waals surface area contributed by atoms with Crippen LogP contribution >= 0.6 is 0 Å². The largest absolute Gasteiger partial charge is 0.543 e. The number of likely N-dealkylation sites (tertiary alicyclic amines) is 1. The fourth-order valence-corrected chi connectivity index (χ4v) is 4.35. The molecule has 1 aromatic heterocycles. The summed E-state index contributed by atoms with van der Waals surface area (Å²) in [5.41, 5.74) is 2.20. The van der Waals surface area contributed by atoms with Crippen molar-refractivity contribution in [2.24, 2.45) is 5.92 Å². The number of carbonyl (C=O) groups is 4. The van der Waals surface area contributed by atoms with Gasteiger partial charge in [0.15, 0.2) is 17.7 Å². The van der Waals surface area contributed by atoms with Gasteiger partial charge in [0.05, 0.1) is 5.56 Å². The Morgan fingerprint density at radius 3 is 2.13 bits per heavy atom. The van der Waals surface area contributed by atoms with Crippen molar-refractivity contribution in [3.05, 3.63) is 65.0 Å². The molecule has 3 atom stereocenters. The first-order chi connectivity index (χ1) is 14.0. The van der Waals surface area contributed by atoms with E-state index < -0.39 is 35.7 Å². The SMILES string of the molecule is CN1C(=O)[C@@H]2[C@@H](C(=O)[O-])[n+]3cc(C(=O)c4ccc(C(C)(C)C)cc4)ccc3[C@@H]2C1=O. The lowest BCUT2D eigenvalue weighted by atomic mass is 9.86. The molecule has 2 aliphatic heterocycles. The van der Waals surface area contributed by atoms with Gasteiger partial charge in [0, 0.05) is 18.7 Å². The number of carboxylic acids is 1. The topological polar surface area (TPSA) is 98.5 Å². The Bertz CT molecular complexity index is 1100. The summed E-state index contributed by atoms with van der Waals surface area (Å²) < 4.78 is 1.34. The molecule has 4 rings (SSSR count). The number of hydrogen-bond acceptors (Lipinski definition) is 5. The summed E-state index contributed by atoms with van der Waals surface area (Å²) >= 11 is 0. The number of rotatable bonds is 3. The Morgan fingerprint density at radius 2 is 1.57 bits per heavy atom. The number of pyridine rings is 1. The molecule has 0 bridgehead atoms. The number of carbonyl (C=O) groups excluding carboxylic acids is 4. The molecule has 30 heavy (non-hydrogen) atoms. The lowest BCUT2D eigenvalue weighted by Gasteiger charge is -2.19. The van der Waals surface area contributed by atoms with E-state index in [0.29, 0.717) is 11.3 Å². The molecule has 1 fully saturated rings. The van der Waals surface area contributed by atoms with E-state index in [9.17, 15) is 24.3 Å². The molecule has 7 heteroatoms. The number of benzene rings is 1. The zero-order valence-corrected chi connectivity index (χ0v) is 17.2. The van der Waals surface area contributed by atoms with E-state index in [-0.39, 0.29) is 16.8 Å². The molecule has 7 nitrogen and oxygen atoms in total. The van der Waals surface area contributed by atoms with Crippen LogP contribution in [-0.2, 0) is 19.8 Å². The fourth-order valence-electron chi connectivity index (χ4n) is 4.35. The number of nitrogens with zero attached hydrogens (tertiary/aromatic N) is 2. The van der Waals surface area contributed by atoms with Crippen molar-refractivity contribution in [1.29, 1.82) is 0 Å². The van der Waals surface area contributed by atoms with Gasteiger partial charge in [0.1, 0.15) is 17.8 Å². The van der Waals surface area contributed by atoms with Crippen LogP contribution in [0.15, 0.2) is 42.6 Å². The Balaban J connectivity index is 1.74. The molecule has 0 aliphatic carbocycles. The first kappa shape index (κ1) is 19.9. The second-order valence-corrected chi connectivity index (χ2v) is 8.91. The van der Waals surface area contributed by atoms with Crippen molar-refractivity contribution >= 4 is 23.6 Å². The van der Waals surface area contributed by atoms with Gasteiger partial charge < -0.3 is 9.90 Å². The van der Waals surface area contributed by atoms with Crippen LogP contribution in [0.1, 0.15) is 59.9 Å². The van der Waals surface area contributed by atoms with Crippen molar-refractivity contribution in [2.45, 2.75) is 38.1 Å². The molecular formula is C23H22N2O5. The summed E-state index contributed by atoms with van der Waals surface area (Å²) in [5.74, 6) is -4.64. The second kappa shape index (κ2) is 6.58. The highest BCUT2D eigenvalue weighted by molar-refractivity contribution is 6.10. The summed E-state index contributed by atoms with van der Waals surface area (Å²) in [7, 11) is 1.35. The van der Waals surface area contributed by atoms with Gasteiger partial charge in [-0.2, -0.15) is 4.57 Å². The predicted octanol–water partition coefficient (Wildman–Crippen LogP) is 0.506. The highest BCUT2D eigenvalue weighted by Gasteiger charge is 2.62. The maximum Gasteiger partial charge on any atom is 0.243 e. The van der Waals surface area contributed by atoms with Crippen molar-refractivity contribution < 1.29 is 28.9 Å². The third-order valence-electron chi connectivity index (χ3n) is 6.06. The van der Waals surface area contributed by atoms with Gasteiger partial charge in [-0.25, -0.2) is 0 Å². The maximum atomic E-state index is 13.0. The van der Waals surface area contributed by atoms with Crippen LogP contribution in [0.25, 0.3) is 0 Å². The molecule has 1 aromatic carbocycles. The van der Waals surface area contributed by atoms with Gasteiger partial charge in [-0.1, -0.05) is 45.0 Å². The Kier molecular flexibility index (Phi) is 4.38. The zero-order valence-electron chi connectivity index (χ0n) is 17.2. The molecule has 2 aliphatic rings. The third-order valence-corrected chi connectivity index (χ3v) is 6.06. The van der Waals surface area contributed by atoms with E-state index in [1.165, 1.54) is 17.8 Å². The highest BCUT2D eigenvalue weighted by atomic mass is 16.4. The average Bonchev–Trinajstić information content (AvgIpc) is 3.15. The molecular weight excluding hydrogens is 384 g/mol. The summed E-state index contributed by atoms with van der Waals surface area (Å²) in [6.45, 7) is 6.24. The number of aromatic nitrogens is 1. The average molecular weight is 406 g/mol.